The summed E-state index contributed by atoms with van der Waals surface area (Å²) in [4.78, 5) is 12.1. The van der Waals surface area contributed by atoms with Crippen LogP contribution in [-0.4, -0.2) is 43.6 Å². The number of pyridine rings is 1. The van der Waals surface area contributed by atoms with E-state index < -0.39 is 0 Å². The first-order valence-corrected chi connectivity index (χ1v) is 12.9. The molecule has 174 valence electrons. The third-order valence-corrected chi connectivity index (χ3v) is 7.78. The Morgan fingerprint density at radius 3 is 2.76 bits per heavy atom. The highest BCUT2D eigenvalue weighted by Crippen LogP contribution is 2.37. The molecule has 0 radical (unpaired) electrons. The van der Waals surface area contributed by atoms with Crippen molar-refractivity contribution >= 4 is 33.3 Å². The minimum Gasteiger partial charge on any atom is -0.347 e. The van der Waals surface area contributed by atoms with Crippen molar-refractivity contribution in [1.29, 1.82) is 0 Å². The number of halogens is 1. The topological polar surface area (TPSA) is 38.9 Å². The van der Waals surface area contributed by atoms with Crippen molar-refractivity contribution in [3.05, 3.63) is 60.1 Å². The van der Waals surface area contributed by atoms with E-state index in [1.165, 1.54) is 32.4 Å². The van der Waals surface area contributed by atoms with E-state index in [9.17, 15) is 4.39 Å². The summed E-state index contributed by atoms with van der Waals surface area (Å²) in [6.45, 7) is 4.47. The molecule has 5 heterocycles. The van der Waals surface area contributed by atoms with Crippen molar-refractivity contribution in [2.24, 2.45) is 7.05 Å². The van der Waals surface area contributed by atoms with Crippen LogP contribution in [0.15, 0.2) is 54.3 Å². The average molecular weight is 474 g/mol. The van der Waals surface area contributed by atoms with E-state index in [1.54, 1.807) is 23.5 Å². The lowest BCUT2D eigenvalue weighted by Crippen LogP contribution is -2.31. The fourth-order valence-electron chi connectivity index (χ4n) is 5.21. The van der Waals surface area contributed by atoms with Crippen LogP contribution in [0.3, 0.4) is 0 Å². The van der Waals surface area contributed by atoms with E-state index >= 15 is 0 Å². The maximum Gasteiger partial charge on any atom is 0.140 e. The minimum atomic E-state index is -0.211. The number of hydrogen-bond acceptors (Lipinski definition) is 4. The Kier molecular flexibility index (Phi) is 5.67. The molecule has 1 aliphatic heterocycles. The summed E-state index contributed by atoms with van der Waals surface area (Å²) in [5.74, 6) is -0.211. The zero-order chi connectivity index (χ0) is 23.1. The van der Waals surface area contributed by atoms with Crippen molar-refractivity contribution in [2.75, 3.05) is 19.6 Å². The zero-order valence-electron chi connectivity index (χ0n) is 19.4. The lowest BCUT2D eigenvalue weighted by molar-refractivity contribution is 0.223. The Bertz CT molecular complexity index is 1460. The number of rotatable bonds is 6. The summed E-state index contributed by atoms with van der Waals surface area (Å²) < 4.78 is 18.6. The van der Waals surface area contributed by atoms with Crippen LogP contribution in [0.1, 0.15) is 25.7 Å². The normalized spacial score (nSPS) is 15.0. The van der Waals surface area contributed by atoms with Gasteiger partial charge in [0, 0.05) is 65.0 Å². The smallest absolute Gasteiger partial charge is 0.140 e. The van der Waals surface area contributed by atoms with E-state index in [2.05, 4.69) is 38.3 Å². The number of likely N-dealkylation sites (tertiary alicyclic amines) is 1. The van der Waals surface area contributed by atoms with Gasteiger partial charge in [-0.25, -0.2) is 14.4 Å². The minimum absolute atomic E-state index is 0.211. The Balaban J connectivity index is 1.32. The van der Waals surface area contributed by atoms with Gasteiger partial charge in [0.25, 0.3) is 0 Å². The van der Waals surface area contributed by atoms with Gasteiger partial charge in [0.05, 0.1) is 5.69 Å². The van der Waals surface area contributed by atoms with Crippen LogP contribution in [0.2, 0.25) is 0 Å². The maximum absolute atomic E-state index is 14.2. The van der Waals surface area contributed by atoms with Gasteiger partial charge in [-0.15, -0.1) is 11.3 Å². The molecule has 0 atom stereocenters. The average Bonchev–Trinajstić information content (AvgIpc) is 3.56. The molecule has 1 aliphatic rings. The molecule has 0 amide bonds. The lowest BCUT2D eigenvalue weighted by Gasteiger charge is -2.26. The van der Waals surface area contributed by atoms with E-state index in [1.807, 2.05) is 29.9 Å². The van der Waals surface area contributed by atoms with Crippen LogP contribution in [0, 0.1) is 5.82 Å². The summed E-state index contributed by atoms with van der Waals surface area (Å²) in [6, 6.07) is 9.15. The van der Waals surface area contributed by atoms with Crippen LogP contribution in [0.25, 0.3) is 43.8 Å². The fraction of sp³-hybridized carbons (Fsp3) is 0.333. The number of fused-ring (bicyclic) bond motifs is 2. The van der Waals surface area contributed by atoms with Gasteiger partial charge in [-0.05, 0) is 69.2 Å². The number of piperidine rings is 1. The fourth-order valence-corrected chi connectivity index (χ4v) is 6.05. The molecule has 1 aromatic carbocycles. The first-order chi connectivity index (χ1) is 16.7. The molecule has 34 heavy (non-hydrogen) atoms. The van der Waals surface area contributed by atoms with Gasteiger partial charge in [-0.3, -0.25) is 0 Å². The molecular formula is C27H28FN5S. The summed E-state index contributed by atoms with van der Waals surface area (Å²) in [7, 11) is 2.01. The summed E-state index contributed by atoms with van der Waals surface area (Å²) in [5, 5.41) is 5.03. The number of aryl methyl sites for hydroxylation is 2. The monoisotopic (exact) mass is 473 g/mol. The van der Waals surface area contributed by atoms with Crippen molar-refractivity contribution in [2.45, 2.75) is 32.2 Å². The summed E-state index contributed by atoms with van der Waals surface area (Å²) in [6.07, 6.45) is 11.1. The third kappa shape index (κ3) is 3.93. The number of thiazole rings is 1. The van der Waals surface area contributed by atoms with E-state index in [-0.39, 0.29) is 5.82 Å². The van der Waals surface area contributed by atoms with Crippen LogP contribution >= 0.6 is 11.3 Å². The molecule has 0 spiro atoms. The van der Waals surface area contributed by atoms with Gasteiger partial charge in [0.2, 0.25) is 0 Å². The quantitative estimate of drug-likeness (QED) is 0.289. The van der Waals surface area contributed by atoms with Crippen molar-refractivity contribution in [3.63, 3.8) is 0 Å². The van der Waals surface area contributed by atoms with Gasteiger partial charge in [0.1, 0.15) is 16.5 Å². The first kappa shape index (κ1) is 21.5. The SMILES string of the molecule is Cn1cc(-c2csc(-c3cn(CCCN4CCCCC4)c4ccc(F)cc34)n2)c2cccnc21. The maximum atomic E-state index is 14.2. The van der Waals surface area contributed by atoms with E-state index in [4.69, 9.17) is 4.98 Å². The number of aromatic nitrogens is 4. The molecule has 0 aliphatic carbocycles. The first-order valence-electron chi connectivity index (χ1n) is 12.0. The van der Waals surface area contributed by atoms with Crippen molar-refractivity contribution in [3.8, 4) is 21.8 Å². The second-order valence-electron chi connectivity index (χ2n) is 9.22. The predicted octanol–water partition coefficient (Wildman–Crippen LogP) is 6.33. The molecule has 1 saturated heterocycles. The van der Waals surface area contributed by atoms with Crippen LogP contribution < -0.4 is 0 Å². The molecule has 5 nitrogen and oxygen atoms in total. The summed E-state index contributed by atoms with van der Waals surface area (Å²) >= 11 is 1.61. The lowest BCUT2D eigenvalue weighted by atomic mass is 10.1. The highest BCUT2D eigenvalue weighted by Gasteiger charge is 2.17. The zero-order valence-corrected chi connectivity index (χ0v) is 20.2. The molecule has 4 aromatic heterocycles. The van der Waals surface area contributed by atoms with Gasteiger partial charge in [-0.2, -0.15) is 0 Å². The molecular weight excluding hydrogens is 445 g/mol. The highest BCUT2D eigenvalue weighted by molar-refractivity contribution is 7.13. The van der Waals surface area contributed by atoms with Gasteiger partial charge >= 0.3 is 0 Å². The van der Waals surface area contributed by atoms with Crippen LogP contribution in [0.4, 0.5) is 4.39 Å². The molecule has 1 fully saturated rings. The van der Waals surface area contributed by atoms with E-state index in [0.29, 0.717) is 0 Å². The molecule has 5 aromatic rings. The molecule has 0 bridgehead atoms. The van der Waals surface area contributed by atoms with Crippen molar-refractivity contribution in [1.82, 2.24) is 24.0 Å². The second kappa shape index (κ2) is 8.96. The van der Waals surface area contributed by atoms with Gasteiger partial charge in [0.15, 0.2) is 0 Å². The second-order valence-corrected chi connectivity index (χ2v) is 10.1. The Labute approximate surface area is 202 Å². The Hall–Kier alpha value is -3.03. The number of benzene rings is 1. The number of hydrogen-bond donors (Lipinski definition) is 0. The van der Waals surface area contributed by atoms with Crippen molar-refractivity contribution < 1.29 is 4.39 Å². The molecule has 0 unspecified atom stereocenters. The van der Waals surface area contributed by atoms with Crippen LogP contribution in [0.5, 0.6) is 0 Å². The molecule has 7 heteroatoms. The largest absolute Gasteiger partial charge is 0.347 e. The van der Waals surface area contributed by atoms with Crippen LogP contribution in [-0.2, 0) is 13.6 Å². The molecule has 0 N–H and O–H groups in total. The Morgan fingerprint density at radius 1 is 1.00 bits per heavy atom. The molecule has 6 rings (SSSR count). The third-order valence-electron chi connectivity index (χ3n) is 6.91. The predicted molar refractivity (Wildman–Crippen MR) is 138 cm³/mol. The van der Waals surface area contributed by atoms with Gasteiger partial charge < -0.3 is 14.0 Å². The Morgan fingerprint density at radius 2 is 1.88 bits per heavy atom. The van der Waals surface area contributed by atoms with Gasteiger partial charge in [-0.1, -0.05) is 6.42 Å². The number of nitrogens with zero attached hydrogens (tertiary/aromatic N) is 5. The highest BCUT2D eigenvalue weighted by atomic mass is 32.1. The summed E-state index contributed by atoms with van der Waals surface area (Å²) in [5.41, 5.74) is 5.02. The standard InChI is InChI=1S/C27H28FN5S/c1-31-16-22(20-7-5-10-29-26(20)31)24-18-34-27(30-24)23-17-33(25-9-8-19(28)15-21(23)25)14-6-13-32-11-3-2-4-12-32/h5,7-10,15-18H,2-4,6,11-14H2,1H3. The van der Waals surface area contributed by atoms with E-state index in [0.717, 1.165) is 63.3 Å². The molecule has 0 saturated carbocycles.